The van der Waals surface area contributed by atoms with E-state index in [0.29, 0.717) is 0 Å². The molecule has 1 N–H and O–H groups in total. The predicted molar refractivity (Wildman–Crippen MR) is 83.8 cm³/mol. The van der Waals surface area contributed by atoms with Crippen molar-refractivity contribution in [2.24, 2.45) is 5.92 Å². The Kier molecular flexibility index (Phi) is 5.26. The molecule has 1 aliphatic rings. The molecule has 2 nitrogen and oxygen atoms in total. The summed E-state index contributed by atoms with van der Waals surface area (Å²) in [6, 6.07) is 6.84. The smallest absolute Gasteiger partial charge is 0.0409 e. The molecule has 1 aromatic carbocycles. The van der Waals surface area contributed by atoms with Crippen molar-refractivity contribution >= 4 is 5.69 Å². The van der Waals surface area contributed by atoms with Crippen molar-refractivity contribution in [2.75, 3.05) is 25.0 Å². The molecule has 0 amide bonds. The van der Waals surface area contributed by atoms with Gasteiger partial charge in [0.15, 0.2) is 0 Å². The van der Waals surface area contributed by atoms with Crippen molar-refractivity contribution in [2.45, 2.75) is 46.1 Å². The molecule has 1 aromatic rings. The van der Waals surface area contributed by atoms with E-state index < -0.39 is 0 Å². The van der Waals surface area contributed by atoms with Crippen molar-refractivity contribution in [1.82, 2.24) is 5.32 Å². The highest BCUT2D eigenvalue weighted by molar-refractivity contribution is 5.54. The quantitative estimate of drug-likeness (QED) is 0.838. The Labute approximate surface area is 118 Å². The van der Waals surface area contributed by atoms with Gasteiger partial charge in [-0.05, 0) is 43.9 Å². The van der Waals surface area contributed by atoms with E-state index in [-0.39, 0.29) is 0 Å². The van der Waals surface area contributed by atoms with E-state index in [1.807, 2.05) is 0 Å². The number of rotatable bonds is 6. The summed E-state index contributed by atoms with van der Waals surface area (Å²) < 4.78 is 0. The van der Waals surface area contributed by atoms with E-state index in [1.165, 1.54) is 49.0 Å². The van der Waals surface area contributed by atoms with E-state index in [1.54, 1.807) is 0 Å². The second-order valence-electron chi connectivity index (χ2n) is 5.94. The molecule has 0 aliphatic heterocycles. The van der Waals surface area contributed by atoms with Crippen LogP contribution >= 0.6 is 0 Å². The lowest BCUT2D eigenvalue weighted by Crippen LogP contribution is -2.26. The first-order chi connectivity index (χ1) is 9.20. The minimum atomic E-state index is 0.901. The van der Waals surface area contributed by atoms with Crippen LogP contribution in [0.5, 0.6) is 0 Å². The van der Waals surface area contributed by atoms with Gasteiger partial charge in [-0.25, -0.2) is 0 Å². The molecule has 0 heterocycles. The van der Waals surface area contributed by atoms with E-state index in [9.17, 15) is 0 Å². The Hall–Kier alpha value is -1.02. The van der Waals surface area contributed by atoms with Crippen molar-refractivity contribution in [1.29, 1.82) is 0 Å². The highest BCUT2D eigenvalue weighted by Gasteiger charge is 2.18. The minimum absolute atomic E-state index is 0.901. The first-order valence-electron chi connectivity index (χ1n) is 7.72. The molecule has 0 atom stereocenters. The second-order valence-corrected chi connectivity index (χ2v) is 5.94. The van der Waals surface area contributed by atoms with Gasteiger partial charge in [-0.15, -0.1) is 0 Å². The standard InChI is InChI=1S/C17H28N2/c1-4-18-12-16-11-14(2)9-10-17(16)19(3)13-15-7-5-6-8-15/h9-11,15,18H,4-8,12-13H2,1-3H3. The van der Waals surface area contributed by atoms with Crippen molar-refractivity contribution in [3.63, 3.8) is 0 Å². The monoisotopic (exact) mass is 260 g/mol. The highest BCUT2D eigenvalue weighted by atomic mass is 15.1. The molecule has 2 heteroatoms. The Morgan fingerprint density at radius 2 is 2.00 bits per heavy atom. The van der Waals surface area contributed by atoms with Crippen LogP contribution in [0.4, 0.5) is 5.69 Å². The van der Waals surface area contributed by atoms with Crippen molar-refractivity contribution in [3.05, 3.63) is 29.3 Å². The third-order valence-corrected chi connectivity index (χ3v) is 4.22. The zero-order valence-electron chi connectivity index (χ0n) is 12.7. The van der Waals surface area contributed by atoms with Gasteiger partial charge in [-0.3, -0.25) is 0 Å². The van der Waals surface area contributed by atoms with Crippen LogP contribution in [0.1, 0.15) is 43.7 Å². The Morgan fingerprint density at radius 3 is 2.68 bits per heavy atom. The van der Waals surface area contributed by atoms with Gasteiger partial charge < -0.3 is 10.2 Å². The van der Waals surface area contributed by atoms with Gasteiger partial charge in [-0.1, -0.05) is 37.5 Å². The summed E-state index contributed by atoms with van der Waals surface area (Å²) in [6.07, 6.45) is 5.69. The lowest BCUT2D eigenvalue weighted by atomic mass is 10.0. The van der Waals surface area contributed by atoms with Gasteiger partial charge in [0.2, 0.25) is 0 Å². The number of hydrogen-bond acceptors (Lipinski definition) is 2. The highest BCUT2D eigenvalue weighted by Crippen LogP contribution is 2.28. The molecular weight excluding hydrogens is 232 g/mol. The summed E-state index contributed by atoms with van der Waals surface area (Å²) in [4.78, 5) is 2.46. The van der Waals surface area contributed by atoms with Crippen molar-refractivity contribution < 1.29 is 0 Å². The third kappa shape index (κ3) is 3.97. The van der Waals surface area contributed by atoms with E-state index in [2.05, 4.69) is 49.3 Å². The molecule has 0 unspecified atom stereocenters. The molecule has 0 radical (unpaired) electrons. The Bertz CT molecular complexity index is 394. The average Bonchev–Trinajstić information content (AvgIpc) is 2.89. The number of nitrogens with zero attached hydrogens (tertiary/aromatic N) is 1. The lowest BCUT2D eigenvalue weighted by Gasteiger charge is -2.26. The van der Waals surface area contributed by atoms with E-state index in [0.717, 1.165) is 19.0 Å². The normalized spacial score (nSPS) is 15.9. The van der Waals surface area contributed by atoms with Gasteiger partial charge in [0.25, 0.3) is 0 Å². The molecule has 19 heavy (non-hydrogen) atoms. The van der Waals surface area contributed by atoms with Gasteiger partial charge in [0.1, 0.15) is 0 Å². The van der Waals surface area contributed by atoms with Gasteiger partial charge >= 0.3 is 0 Å². The number of benzene rings is 1. The van der Waals surface area contributed by atoms with E-state index >= 15 is 0 Å². The minimum Gasteiger partial charge on any atom is -0.374 e. The van der Waals surface area contributed by atoms with Crippen LogP contribution in [-0.2, 0) is 6.54 Å². The summed E-state index contributed by atoms with van der Waals surface area (Å²) in [5, 5.41) is 3.45. The molecule has 0 saturated heterocycles. The van der Waals surface area contributed by atoms with Crippen LogP contribution in [0.2, 0.25) is 0 Å². The van der Waals surface area contributed by atoms with Crippen LogP contribution in [0, 0.1) is 12.8 Å². The van der Waals surface area contributed by atoms with Crippen molar-refractivity contribution in [3.8, 4) is 0 Å². The summed E-state index contributed by atoms with van der Waals surface area (Å²) in [5.74, 6) is 0.901. The summed E-state index contributed by atoms with van der Waals surface area (Å²) in [5.41, 5.74) is 4.19. The van der Waals surface area contributed by atoms with Gasteiger partial charge in [0, 0.05) is 25.8 Å². The molecule has 1 aliphatic carbocycles. The van der Waals surface area contributed by atoms with Crippen LogP contribution in [-0.4, -0.2) is 20.1 Å². The first kappa shape index (κ1) is 14.4. The fourth-order valence-electron chi connectivity index (χ4n) is 3.17. The van der Waals surface area contributed by atoms with Crippen LogP contribution in [0.25, 0.3) is 0 Å². The number of nitrogens with one attached hydrogen (secondary N) is 1. The molecule has 0 spiro atoms. The Balaban J connectivity index is 2.07. The maximum Gasteiger partial charge on any atom is 0.0409 e. The SMILES string of the molecule is CCNCc1cc(C)ccc1N(C)CC1CCCC1. The van der Waals surface area contributed by atoms with Gasteiger partial charge in [-0.2, -0.15) is 0 Å². The number of hydrogen-bond donors (Lipinski definition) is 1. The second kappa shape index (κ2) is 6.95. The largest absolute Gasteiger partial charge is 0.374 e. The number of aryl methyl sites for hydroxylation is 1. The summed E-state index contributed by atoms with van der Waals surface area (Å²) >= 11 is 0. The maximum absolute atomic E-state index is 3.45. The van der Waals surface area contributed by atoms with Gasteiger partial charge in [0.05, 0.1) is 0 Å². The third-order valence-electron chi connectivity index (χ3n) is 4.22. The zero-order chi connectivity index (χ0) is 13.7. The molecule has 0 aromatic heterocycles. The molecule has 106 valence electrons. The molecular formula is C17H28N2. The molecule has 2 rings (SSSR count). The Morgan fingerprint density at radius 1 is 1.26 bits per heavy atom. The zero-order valence-corrected chi connectivity index (χ0v) is 12.7. The average molecular weight is 260 g/mol. The number of anilines is 1. The first-order valence-corrected chi connectivity index (χ1v) is 7.72. The van der Waals surface area contributed by atoms with Crippen LogP contribution in [0.15, 0.2) is 18.2 Å². The lowest BCUT2D eigenvalue weighted by molar-refractivity contribution is 0.546. The molecule has 0 bridgehead atoms. The van der Waals surface area contributed by atoms with Crippen LogP contribution < -0.4 is 10.2 Å². The topological polar surface area (TPSA) is 15.3 Å². The van der Waals surface area contributed by atoms with Crippen LogP contribution in [0.3, 0.4) is 0 Å². The fraction of sp³-hybridized carbons (Fsp3) is 0.647. The maximum atomic E-state index is 3.45. The molecule has 1 saturated carbocycles. The predicted octanol–water partition coefficient (Wildman–Crippen LogP) is 3.73. The summed E-state index contributed by atoms with van der Waals surface area (Å²) in [7, 11) is 2.25. The van der Waals surface area contributed by atoms with E-state index in [4.69, 9.17) is 0 Å². The molecule has 1 fully saturated rings. The summed E-state index contributed by atoms with van der Waals surface area (Å²) in [6.45, 7) is 7.55. The fourth-order valence-corrected chi connectivity index (χ4v) is 3.17.